The number of rotatable bonds is 3. The summed E-state index contributed by atoms with van der Waals surface area (Å²) in [6.45, 7) is 4.14. The molecule has 0 aromatic carbocycles. The van der Waals surface area contributed by atoms with E-state index in [1.807, 2.05) is 13.0 Å². The lowest BCUT2D eigenvalue weighted by Crippen LogP contribution is -2.38. The Morgan fingerprint density at radius 1 is 1.56 bits per heavy atom. The zero-order valence-electron chi connectivity index (χ0n) is 9.92. The van der Waals surface area contributed by atoms with Crippen LogP contribution in [0.25, 0.3) is 0 Å². The number of nitrogens with one attached hydrogen (secondary N) is 2. The Morgan fingerprint density at radius 2 is 2.44 bits per heavy atom. The van der Waals surface area contributed by atoms with Crippen molar-refractivity contribution in [2.75, 3.05) is 25.5 Å². The predicted octanol–water partition coefficient (Wildman–Crippen LogP) is 1.56. The molecule has 4 heteroatoms. The van der Waals surface area contributed by atoms with Crippen LogP contribution in [-0.4, -0.2) is 31.2 Å². The third kappa shape index (κ3) is 2.64. The van der Waals surface area contributed by atoms with E-state index in [1.165, 1.54) is 12.8 Å². The molecule has 1 unspecified atom stereocenters. The van der Waals surface area contributed by atoms with E-state index in [4.69, 9.17) is 4.74 Å². The van der Waals surface area contributed by atoms with Crippen molar-refractivity contribution in [2.45, 2.75) is 25.8 Å². The Bertz CT molecular complexity index is 348. The molecule has 0 saturated carbocycles. The van der Waals surface area contributed by atoms with Gasteiger partial charge < -0.3 is 15.4 Å². The minimum Gasteiger partial charge on any atom is -0.493 e. The number of ether oxygens (including phenoxy) is 1. The maximum Gasteiger partial charge on any atom is 0.160 e. The molecule has 0 amide bonds. The van der Waals surface area contributed by atoms with Crippen molar-refractivity contribution in [1.29, 1.82) is 0 Å². The van der Waals surface area contributed by atoms with Crippen molar-refractivity contribution >= 4 is 5.69 Å². The first-order valence-electron chi connectivity index (χ1n) is 5.77. The Kier molecular flexibility index (Phi) is 3.62. The molecule has 0 aliphatic carbocycles. The average molecular weight is 221 g/mol. The Hall–Kier alpha value is -1.29. The summed E-state index contributed by atoms with van der Waals surface area (Å²) in [5.74, 6) is 0.816. The van der Waals surface area contributed by atoms with Crippen molar-refractivity contribution in [2.24, 2.45) is 0 Å². The molecule has 0 radical (unpaired) electrons. The molecule has 4 nitrogen and oxygen atoms in total. The summed E-state index contributed by atoms with van der Waals surface area (Å²) in [7, 11) is 1.68. The van der Waals surface area contributed by atoms with Gasteiger partial charge in [0.2, 0.25) is 0 Å². The zero-order valence-corrected chi connectivity index (χ0v) is 9.92. The fourth-order valence-electron chi connectivity index (χ4n) is 2.02. The number of nitrogens with zero attached hydrogens (tertiary/aromatic N) is 1. The van der Waals surface area contributed by atoms with Gasteiger partial charge in [0.05, 0.1) is 19.0 Å². The summed E-state index contributed by atoms with van der Waals surface area (Å²) in [6.07, 6.45) is 4.20. The molecule has 0 spiro atoms. The van der Waals surface area contributed by atoms with Crippen LogP contribution in [0.15, 0.2) is 12.3 Å². The van der Waals surface area contributed by atoms with Crippen LogP contribution >= 0.6 is 0 Å². The van der Waals surface area contributed by atoms with Crippen LogP contribution < -0.4 is 15.4 Å². The Balaban J connectivity index is 2.09. The normalized spacial score (nSPS) is 20.5. The largest absolute Gasteiger partial charge is 0.493 e. The van der Waals surface area contributed by atoms with Gasteiger partial charge in [0.25, 0.3) is 0 Å². The van der Waals surface area contributed by atoms with Crippen molar-refractivity contribution in [3.8, 4) is 5.75 Å². The van der Waals surface area contributed by atoms with E-state index >= 15 is 0 Å². The SMILES string of the molecule is COc1cnc(C)cc1NC1CCCNC1. The molecule has 1 atom stereocenters. The van der Waals surface area contributed by atoms with E-state index in [0.717, 1.165) is 30.2 Å². The van der Waals surface area contributed by atoms with Gasteiger partial charge in [-0.15, -0.1) is 0 Å². The second kappa shape index (κ2) is 5.16. The van der Waals surface area contributed by atoms with Crippen LogP contribution in [0.1, 0.15) is 18.5 Å². The molecule has 1 fully saturated rings. The first kappa shape index (κ1) is 11.2. The highest BCUT2D eigenvalue weighted by Crippen LogP contribution is 2.25. The molecule has 16 heavy (non-hydrogen) atoms. The molecule has 2 heterocycles. The number of aromatic nitrogens is 1. The monoisotopic (exact) mass is 221 g/mol. The first-order chi connectivity index (χ1) is 7.79. The lowest BCUT2D eigenvalue weighted by Gasteiger charge is -2.25. The van der Waals surface area contributed by atoms with Crippen LogP contribution in [0, 0.1) is 6.92 Å². The summed E-state index contributed by atoms with van der Waals surface area (Å²) in [4.78, 5) is 4.22. The first-order valence-corrected chi connectivity index (χ1v) is 5.77. The van der Waals surface area contributed by atoms with Crippen LogP contribution in [0.4, 0.5) is 5.69 Å². The van der Waals surface area contributed by atoms with Crippen LogP contribution in [0.3, 0.4) is 0 Å². The molecular formula is C12H19N3O. The number of hydrogen-bond acceptors (Lipinski definition) is 4. The number of hydrogen-bond donors (Lipinski definition) is 2. The van der Waals surface area contributed by atoms with E-state index < -0.39 is 0 Å². The standard InChI is InChI=1S/C12H19N3O/c1-9-6-11(12(16-2)8-14-9)15-10-4-3-5-13-7-10/h6,8,10,13H,3-5,7H2,1-2H3,(H,14,15). The summed E-state index contributed by atoms with van der Waals surface area (Å²) in [6, 6.07) is 2.53. The van der Waals surface area contributed by atoms with Crippen LogP contribution in [-0.2, 0) is 0 Å². The zero-order chi connectivity index (χ0) is 11.4. The van der Waals surface area contributed by atoms with Crippen LogP contribution in [0.5, 0.6) is 5.75 Å². The number of pyridine rings is 1. The highest BCUT2D eigenvalue weighted by atomic mass is 16.5. The van der Waals surface area contributed by atoms with Gasteiger partial charge in [-0.1, -0.05) is 0 Å². The maximum atomic E-state index is 5.30. The van der Waals surface area contributed by atoms with Gasteiger partial charge in [0.15, 0.2) is 5.75 Å². The topological polar surface area (TPSA) is 46.2 Å². The van der Waals surface area contributed by atoms with Gasteiger partial charge in [-0.25, -0.2) is 0 Å². The molecule has 0 bridgehead atoms. The summed E-state index contributed by atoms with van der Waals surface area (Å²) in [5, 5.41) is 6.90. The highest BCUT2D eigenvalue weighted by Gasteiger charge is 2.14. The van der Waals surface area contributed by atoms with Crippen molar-refractivity contribution < 1.29 is 4.74 Å². The summed E-state index contributed by atoms with van der Waals surface area (Å²) in [5.41, 5.74) is 2.05. The number of methoxy groups -OCH3 is 1. The average Bonchev–Trinajstić information content (AvgIpc) is 2.31. The van der Waals surface area contributed by atoms with E-state index in [1.54, 1.807) is 13.3 Å². The van der Waals surface area contributed by atoms with Crippen molar-refractivity contribution in [1.82, 2.24) is 10.3 Å². The van der Waals surface area contributed by atoms with E-state index in [9.17, 15) is 0 Å². The van der Waals surface area contributed by atoms with E-state index in [0.29, 0.717) is 6.04 Å². The lowest BCUT2D eigenvalue weighted by molar-refractivity contribution is 0.412. The molecule has 1 saturated heterocycles. The quantitative estimate of drug-likeness (QED) is 0.813. The van der Waals surface area contributed by atoms with E-state index in [-0.39, 0.29) is 0 Å². The Labute approximate surface area is 96.4 Å². The number of piperidine rings is 1. The lowest BCUT2D eigenvalue weighted by atomic mass is 10.1. The van der Waals surface area contributed by atoms with Gasteiger partial charge in [-0.3, -0.25) is 4.98 Å². The molecule has 1 aromatic heterocycles. The molecule has 2 rings (SSSR count). The number of anilines is 1. The Morgan fingerprint density at radius 3 is 3.12 bits per heavy atom. The predicted molar refractivity (Wildman–Crippen MR) is 65.0 cm³/mol. The van der Waals surface area contributed by atoms with Crippen molar-refractivity contribution in [3.63, 3.8) is 0 Å². The molecule has 1 aliphatic heterocycles. The maximum absolute atomic E-state index is 5.30. The van der Waals surface area contributed by atoms with Crippen LogP contribution in [0.2, 0.25) is 0 Å². The van der Waals surface area contributed by atoms with Gasteiger partial charge >= 0.3 is 0 Å². The van der Waals surface area contributed by atoms with Gasteiger partial charge in [-0.2, -0.15) is 0 Å². The highest BCUT2D eigenvalue weighted by molar-refractivity contribution is 5.56. The second-order valence-corrected chi connectivity index (χ2v) is 4.21. The number of aryl methyl sites for hydroxylation is 1. The fourth-order valence-corrected chi connectivity index (χ4v) is 2.02. The van der Waals surface area contributed by atoms with Gasteiger partial charge in [0, 0.05) is 18.3 Å². The minimum atomic E-state index is 0.490. The second-order valence-electron chi connectivity index (χ2n) is 4.21. The molecule has 88 valence electrons. The molecule has 2 N–H and O–H groups in total. The fraction of sp³-hybridized carbons (Fsp3) is 0.583. The minimum absolute atomic E-state index is 0.490. The smallest absolute Gasteiger partial charge is 0.160 e. The van der Waals surface area contributed by atoms with Gasteiger partial charge in [-0.05, 0) is 32.4 Å². The molecule has 1 aliphatic rings. The van der Waals surface area contributed by atoms with Crippen molar-refractivity contribution in [3.05, 3.63) is 18.0 Å². The third-order valence-corrected chi connectivity index (χ3v) is 2.88. The molecular weight excluding hydrogens is 202 g/mol. The third-order valence-electron chi connectivity index (χ3n) is 2.88. The van der Waals surface area contributed by atoms with Gasteiger partial charge in [0.1, 0.15) is 0 Å². The van der Waals surface area contributed by atoms with E-state index in [2.05, 4.69) is 15.6 Å². The molecule has 1 aromatic rings. The summed E-state index contributed by atoms with van der Waals surface area (Å²) >= 11 is 0. The summed E-state index contributed by atoms with van der Waals surface area (Å²) < 4.78 is 5.30.